The first-order valence-electron chi connectivity index (χ1n) is 11.0. The summed E-state index contributed by atoms with van der Waals surface area (Å²) in [4.78, 5) is 15.7. The number of halogens is 2. The molecule has 6 nitrogen and oxygen atoms in total. The number of fused-ring (bicyclic) bond motifs is 2. The molecule has 0 aliphatic carbocycles. The van der Waals surface area contributed by atoms with Crippen LogP contribution in [-0.4, -0.2) is 44.3 Å². The Balaban J connectivity index is 1.41. The predicted octanol–water partition coefficient (Wildman–Crippen LogP) is 4.36. The number of rotatable bonds is 6. The fraction of sp³-hybridized carbons (Fsp3) is 0.458. The van der Waals surface area contributed by atoms with Crippen molar-refractivity contribution in [2.45, 2.75) is 68.2 Å². The zero-order valence-electron chi connectivity index (χ0n) is 18.8. The SMILES string of the molecule is CC(C)(Oc1ccc(F)cc1Cl)C(=O)N[C@H]1C[C@H]2CC[C@@H](C1)N2c1ccc(S(C)(=O)=O)cc1. The van der Waals surface area contributed by atoms with Gasteiger partial charge in [-0.3, -0.25) is 4.79 Å². The minimum absolute atomic E-state index is 0.00751. The molecule has 2 aromatic carbocycles. The first-order chi connectivity index (χ1) is 15.4. The quantitative estimate of drug-likeness (QED) is 0.646. The normalized spacial score (nSPS) is 22.8. The van der Waals surface area contributed by atoms with Gasteiger partial charge in [-0.2, -0.15) is 0 Å². The van der Waals surface area contributed by atoms with Crippen molar-refractivity contribution in [3.63, 3.8) is 0 Å². The monoisotopic (exact) mass is 494 g/mol. The number of nitrogens with zero attached hydrogens (tertiary/aromatic N) is 1. The van der Waals surface area contributed by atoms with E-state index in [-0.39, 0.29) is 34.8 Å². The third-order valence-electron chi connectivity index (χ3n) is 6.44. The van der Waals surface area contributed by atoms with Crippen LogP contribution in [0.5, 0.6) is 5.75 Å². The van der Waals surface area contributed by atoms with Crippen LogP contribution < -0.4 is 15.0 Å². The molecule has 2 aromatic rings. The molecule has 0 radical (unpaired) electrons. The number of sulfone groups is 1. The number of carbonyl (C=O) groups is 1. The van der Waals surface area contributed by atoms with Gasteiger partial charge >= 0.3 is 0 Å². The number of ether oxygens (including phenoxy) is 1. The van der Waals surface area contributed by atoms with E-state index in [1.54, 1.807) is 26.0 Å². The van der Waals surface area contributed by atoms with Gasteiger partial charge in [-0.05, 0) is 82.0 Å². The minimum atomic E-state index is -3.23. The molecule has 178 valence electrons. The fourth-order valence-electron chi connectivity index (χ4n) is 4.82. The summed E-state index contributed by atoms with van der Waals surface area (Å²) in [6.07, 6.45) is 4.84. The lowest BCUT2D eigenvalue weighted by Crippen LogP contribution is -2.55. The first-order valence-corrected chi connectivity index (χ1v) is 13.2. The second-order valence-corrected chi connectivity index (χ2v) is 11.8. The van der Waals surface area contributed by atoms with Crippen LogP contribution in [-0.2, 0) is 14.6 Å². The maximum absolute atomic E-state index is 13.3. The van der Waals surface area contributed by atoms with Crippen LogP contribution in [0.2, 0.25) is 5.02 Å². The van der Waals surface area contributed by atoms with Crippen LogP contribution in [0, 0.1) is 5.82 Å². The molecule has 2 saturated heterocycles. The third-order valence-corrected chi connectivity index (χ3v) is 7.86. The highest BCUT2D eigenvalue weighted by Gasteiger charge is 2.42. The van der Waals surface area contributed by atoms with Crippen molar-refractivity contribution in [3.05, 3.63) is 53.3 Å². The maximum atomic E-state index is 13.3. The Morgan fingerprint density at radius 3 is 2.27 bits per heavy atom. The molecular weight excluding hydrogens is 467 g/mol. The Kier molecular flexibility index (Phi) is 6.35. The first kappa shape index (κ1) is 23.8. The predicted molar refractivity (Wildman–Crippen MR) is 126 cm³/mol. The van der Waals surface area contributed by atoms with Gasteiger partial charge in [0.15, 0.2) is 15.4 Å². The van der Waals surface area contributed by atoms with Gasteiger partial charge < -0.3 is 15.0 Å². The number of nitrogens with one attached hydrogen (secondary N) is 1. The zero-order valence-corrected chi connectivity index (χ0v) is 20.4. The van der Waals surface area contributed by atoms with E-state index >= 15 is 0 Å². The van der Waals surface area contributed by atoms with Crippen LogP contribution in [0.4, 0.5) is 10.1 Å². The largest absolute Gasteiger partial charge is 0.476 e. The van der Waals surface area contributed by atoms with Gasteiger partial charge in [0.2, 0.25) is 0 Å². The number of benzene rings is 2. The fourth-order valence-corrected chi connectivity index (χ4v) is 5.66. The molecule has 1 N–H and O–H groups in total. The van der Waals surface area contributed by atoms with E-state index in [2.05, 4.69) is 10.2 Å². The molecule has 2 aliphatic heterocycles. The van der Waals surface area contributed by atoms with Gasteiger partial charge in [0, 0.05) is 30.1 Å². The van der Waals surface area contributed by atoms with E-state index in [0.717, 1.165) is 37.4 Å². The van der Waals surface area contributed by atoms with Crippen LogP contribution in [0.25, 0.3) is 0 Å². The lowest BCUT2D eigenvalue weighted by atomic mass is 9.95. The Morgan fingerprint density at radius 1 is 1.12 bits per heavy atom. The van der Waals surface area contributed by atoms with E-state index in [1.165, 1.54) is 18.4 Å². The Labute approximate surface area is 199 Å². The summed E-state index contributed by atoms with van der Waals surface area (Å²) in [6.45, 7) is 3.32. The van der Waals surface area contributed by atoms with Crippen molar-refractivity contribution < 1.29 is 22.3 Å². The molecule has 0 saturated carbocycles. The van der Waals surface area contributed by atoms with E-state index < -0.39 is 21.3 Å². The molecule has 33 heavy (non-hydrogen) atoms. The Bertz CT molecular complexity index is 1140. The second-order valence-electron chi connectivity index (χ2n) is 9.39. The maximum Gasteiger partial charge on any atom is 0.263 e. The van der Waals surface area contributed by atoms with Gasteiger partial charge in [-0.1, -0.05) is 11.6 Å². The van der Waals surface area contributed by atoms with Gasteiger partial charge in [-0.15, -0.1) is 0 Å². The summed E-state index contributed by atoms with van der Waals surface area (Å²) in [7, 11) is -3.23. The molecule has 9 heteroatoms. The van der Waals surface area contributed by atoms with E-state index in [4.69, 9.17) is 16.3 Å². The number of hydrogen-bond donors (Lipinski definition) is 1. The summed E-state index contributed by atoms with van der Waals surface area (Å²) < 4.78 is 42.6. The average molecular weight is 495 g/mol. The third kappa shape index (κ3) is 5.11. The van der Waals surface area contributed by atoms with E-state index in [1.807, 2.05) is 12.1 Å². The average Bonchev–Trinajstić information content (AvgIpc) is 3.00. The van der Waals surface area contributed by atoms with Crippen molar-refractivity contribution in [2.24, 2.45) is 0 Å². The number of hydrogen-bond acceptors (Lipinski definition) is 5. The van der Waals surface area contributed by atoms with Gasteiger partial charge in [0.25, 0.3) is 5.91 Å². The minimum Gasteiger partial charge on any atom is -0.476 e. The molecule has 1 amide bonds. The summed E-state index contributed by atoms with van der Waals surface area (Å²) in [5.41, 5.74) is -0.173. The van der Waals surface area contributed by atoms with Crippen molar-refractivity contribution >= 4 is 33.0 Å². The molecule has 0 spiro atoms. The Morgan fingerprint density at radius 2 is 1.73 bits per heavy atom. The summed E-state index contributed by atoms with van der Waals surface area (Å²) in [5.74, 6) is -0.466. The molecular formula is C24H28ClFN2O4S. The number of anilines is 1. The van der Waals surface area contributed by atoms with Crippen molar-refractivity contribution in [2.75, 3.05) is 11.2 Å². The highest BCUT2D eigenvalue weighted by atomic mass is 35.5. The van der Waals surface area contributed by atoms with Gasteiger partial charge in [0.05, 0.1) is 9.92 Å². The lowest BCUT2D eigenvalue weighted by Gasteiger charge is -2.41. The van der Waals surface area contributed by atoms with Crippen LogP contribution in [0.15, 0.2) is 47.4 Å². The van der Waals surface area contributed by atoms with E-state index in [0.29, 0.717) is 4.90 Å². The molecule has 0 unspecified atom stereocenters. The lowest BCUT2D eigenvalue weighted by molar-refractivity contribution is -0.135. The van der Waals surface area contributed by atoms with Crippen LogP contribution in [0.1, 0.15) is 39.5 Å². The molecule has 3 atom stereocenters. The molecule has 2 aliphatic rings. The summed E-state index contributed by atoms with van der Waals surface area (Å²) in [6, 6.07) is 11.4. The molecule has 4 rings (SSSR count). The van der Waals surface area contributed by atoms with Crippen molar-refractivity contribution in [1.82, 2.24) is 5.32 Å². The van der Waals surface area contributed by atoms with E-state index in [9.17, 15) is 17.6 Å². The Hall–Kier alpha value is -2.32. The summed E-state index contributed by atoms with van der Waals surface area (Å²) >= 11 is 6.05. The number of amides is 1. The second kappa shape index (κ2) is 8.80. The smallest absolute Gasteiger partial charge is 0.263 e. The zero-order chi connectivity index (χ0) is 24.0. The molecule has 2 heterocycles. The molecule has 0 aromatic heterocycles. The topological polar surface area (TPSA) is 75.7 Å². The van der Waals surface area contributed by atoms with Crippen molar-refractivity contribution in [3.8, 4) is 5.75 Å². The molecule has 2 fully saturated rings. The summed E-state index contributed by atoms with van der Waals surface area (Å²) in [5, 5.41) is 3.24. The number of carbonyl (C=O) groups excluding carboxylic acids is 1. The number of piperidine rings is 1. The van der Waals surface area contributed by atoms with Crippen LogP contribution >= 0.6 is 11.6 Å². The van der Waals surface area contributed by atoms with Gasteiger partial charge in [-0.25, -0.2) is 12.8 Å². The standard InChI is InChI=1S/C24H28ClFN2O4S/c1-24(2,32-22-11-4-15(26)12-21(22)25)23(29)27-16-13-18-5-6-19(14-16)28(18)17-7-9-20(10-8-17)33(3,30)31/h4,7-12,16,18-19H,5-6,13-14H2,1-3H3,(H,27,29)/t16-,18+,19-. The molecule has 2 bridgehead atoms. The highest BCUT2D eigenvalue weighted by molar-refractivity contribution is 7.90. The van der Waals surface area contributed by atoms with Crippen LogP contribution in [0.3, 0.4) is 0 Å². The van der Waals surface area contributed by atoms with Crippen molar-refractivity contribution in [1.29, 1.82) is 0 Å². The van der Waals surface area contributed by atoms with Gasteiger partial charge in [0.1, 0.15) is 11.6 Å². The highest BCUT2D eigenvalue weighted by Crippen LogP contribution is 2.40.